The largest absolute Gasteiger partial charge is 0.392 e. The zero-order chi connectivity index (χ0) is 16.9. The molecule has 1 aromatic rings. The fourth-order valence-electron chi connectivity index (χ4n) is 3.32. The zero-order valence-electron chi connectivity index (χ0n) is 14.3. The molecular weight excluding hydrogens is 306 g/mol. The van der Waals surface area contributed by atoms with Crippen molar-refractivity contribution in [1.82, 2.24) is 4.90 Å². The van der Waals surface area contributed by atoms with Crippen LogP contribution in [0, 0.1) is 0 Å². The van der Waals surface area contributed by atoms with E-state index < -0.39 is 0 Å². The lowest BCUT2D eigenvalue weighted by atomic mass is 10.1. The van der Waals surface area contributed by atoms with E-state index in [0.29, 0.717) is 6.54 Å². The zero-order valence-corrected chi connectivity index (χ0v) is 14.3. The van der Waals surface area contributed by atoms with Gasteiger partial charge >= 0.3 is 0 Å². The molecule has 1 amide bonds. The van der Waals surface area contributed by atoms with Crippen molar-refractivity contribution < 1.29 is 14.6 Å². The number of hydrogen-bond donors (Lipinski definition) is 2. The fraction of sp³-hybridized carbons (Fsp3) is 0.611. The number of amides is 1. The normalized spacial score (nSPS) is 23.8. The summed E-state index contributed by atoms with van der Waals surface area (Å²) in [5, 5.41) is 12.7. The first-order valence-corrected chi connectivity index (χ1v) is 8.79. The van der Waals surface area contributed by atoms with E-state index in [9.17, 15) is 9.90 Å². The molecule has 0 bridgehead atoms. The van der Waals surface area contributed by atoms with Gasteiger partial charge in [0.1, 0.15) is 0 Å². The van der Waals surface area contributed by atoms with Crippen molar-refractivity contribution >= 4 is 17.3 Å². The van der Waals surface area contributed by atoms with E-state index in [1.165, 1.54) is 0 Å². The van der Waals surface area contributed by atoms with Crippen LogP contribution >= 0.6 is 0 Å². The highest BCUT2D eigenvalue weighted by Crippen LogP contribution is 2.20. The number of likely N-dealkylation sites (tertiary alicyclic amines) is 1. The molecule has 0 saturated carbocycles. The number of nitrogens with one attached hydrogen (secondary N) is 1. The van der Waals surface area contributed by atoms with E-state index in [1.54, 1.807) is 0 Å². The molecule has 132 valence electrons. The number of β-amino-alcohol motifs (C(OH)–C–C–N with tert-alkyl or cyclic N) is 1. The number of piperidine rings is 1. The molecule has 2 aliphatic rings. The third-order valence-electron chi connectivity index (χ3n) is 4.87. The van der Waals surface area contributed by atoms with Gasteiger partial charge in [0.15, 0.2) is 0 Å². The van der Waals surface area contributed by atoms with Gasteiger partial charge in [-0.2, -0.15) is 0 Å². The summed E-state index contributed by atoms with van der Waals surface area (Å²) in [5.41, 5.74) is 1.96. The number of nitrogens with zero attached hydrogens (tertiary/aromatic N) is 2. The van der Waals surface area contributed by atoms with Crippen molar-refractivity contribution in [2.75, 3.05) is 49.6 Å². The Balaban J connectivity index is 1.55. The molecule has 0 aliphatic carbocycles. The van der Waals surface area contributed by atoms with Gasteiger partial charge in [0.25, 0.3) is 0 Å². The number of carbonyl (C=O) groups excluding carboxylic acids is 1. The summed E-state index contributed by atoms with van der Waals surface area (Å²) in [6.07, 6.45) is 1.45. The second kappa shape index (κ2) is 7.96. The highest BCUT2D eigenvalue weighted by Gasteiger charge is 2.26. The van der Waals surface area contributed by atoms with Crippen LogP contribution < -0.4 is 10.2 Å². The van der Waals surface area contributed by atoms with Gasteiger partial charge in [-0.15, -0.1) is 0 Å². The lowest BCUT2D eigenvalue weighted by Crippen LogP contribution is -2.48. The van der Waals surface area contributed by atoms with E-state index in [-0.39, 0.29) is 18.1 Å². The summed E-state index contributed by atoms with van der Waals surface area (Å²) in [5.74, 6) is -0.0248. The Morgan fingerprint density at radius 1 is 1.25 bits per heavy atom. The van der Waals surface area contributed by atoms with E-state index in [1.807, 2.05) is 36.1 Å². The van der Waals surface area contributed by atoms with Crippen LogP contribution in [-0.2, 0) is 9.53 Å². The molecule has 0 spiro atoms. The Kier molecular flexibility index (Phi) is 5.71. The number of anilines is 2. The predicted molar refractivity (Wildman–Crippen MR) is 94.4 cm³/mol. The lowest BCUT2D eigenvalue weighted by molar-refractivity contribution is -0.121. The Bertz CT molecular complexity index is 543. The molecule has 3 rings (SSSR count). The number of ether oxygens (including phenoxy) is 1. The molecule has 0 radical (unpaired) electrons. The average molecular weight is 333 g/mol. The highest BCUT2D eigenvalue weighted by atomic mass is 16.5. The van der Waals surface area contributed by atoms with Crippen LogP contribution in [0.25, 0.3) is 0 Å². The maximum absolute atomic E-state index is 12.4. The van der Waals surface area contributed by atoms with Gasteiger partial charge < -0.3 is 20.1 Å². The van der Waals surface area contributed by atoms with Crippen LogP contribution in [0.1, 0.15) is 19.8 Å². The molecule has 2 N–H and O–H groups in total. The van der Waals surface area contributed by atoms with Gasteiger partial charge in [0.05, 0.1) is 25.4 Å². The summed E-state index contributed by atoms with van der Waals surface area (Å²) in [7, 11) is 0. The van der Waals surface area contributed by atoms with Crippen molar-refractivity contribution in [3.05, 3.63) is 24.3 Å². The van der Waals surface area contributed by atoms with Crippen LogP contribution in [0.4, 0.5) is 11.4 Å². The third-order valence-corrected chi connectivity index (χ3v) is 4.87. The number of aliphatic hydroxyl groups excluding tert-OH is 1. The molecule has 2 heterocycles. The number of morpholine rings is 1. The molecule has 2 atom stereocenters. The van der Waals surface area contributed by atoms with E-state index in [2.05, 4.69) is 10.2 Å². The molecule has 2 saturated heterocycles. The molecule has 24 heavy (non-hydrogen) atoms. The molecule has 6 heteroatoms. The van der Waals surface area contributed by atoms with Gasteiger partial charge in [-0.3, -0.25) is 9.69 Å². The Morgan fingerprint density at radius 3 is 2.62 bits per heavy atom. The van der Waals surface area contributed by atoms with Crippen molar-refractivity contribution in [3.63, 3.8) is 0 Å². The standard InChI is InChI=1S/C18H27N3O3/c1-14(21-8-2-3-17(22)13-21)18(23)19-15-4-6-16(7-5-15)20-9-11-24-12-10-20/h4-7,14,17,22H,2-3,8-13H2,1H3,(H,19,23). The van der Waals surface area contributed by atoms with Crippen LogP contribution in [-0.4, -0.2) is 67.5 Å². The quantitative estimate of drug-likeness (QED) is 0.870. The van der Waals surface area contributed by atoms with Crippen LogP contribution in [0.2, 0.25) is 0 Å². The molecule has 2 unspecified atom stereocenters. The van der Waals surface area contributed by atoms with Gasteiger partial charge in [0, 0.05) is 31.0 Å². The maximum Gasteiger partial charge on any atom is 0.241 e. The molecule has 6 nitrogen and oxygen atoms in total. The number of carbonyl (C=O) groups is 1. The first kappa shape index (κ1) is 17.2. The number of aliphatic hydroxyl groups is 1. The number of hydrogen-bond acceptors (Lipinski definition) is 5. The summed E-state index contributed by atoms with van der Waals surface area (Å²) >= 11 is 0. The molecule has 2 aliphatic heterocycles. The SMILES string of the molecule is CC(C(=O)Nc1ccc(N2CCOCC2)cc1)N1CCCC(O)C1. The molecular formula is C18H27N3O3. The maximum atomic E-state index is 12.4. The first-order valence-electron chi connectivity index (χ1n) is 8.79. The van der Waals surface area contributed by atoms with Crippen LogP contribution in [0.3, 0.4) is 0 Å². The average Bonchev–Trinajstić information content (AvgIpc) is 2.62. The minimum Gasteiger partial charge on any atom is -0.392 e. The molecule has 2 fully saturated rings. The Labute approximate surface area is 143 Å². The summed E-state index contributed by atoms with van der Waals surface area (Å²) in [6.45, 7) is 6.66. The molecule has 1 aromatic carbocycles. The molecule has 0 aromatic heterocycles. The van der Waals surface area contributed by atoms with Crippen molar-refractivity contribution in [3.8, 4) is 0 Å². The van der Waals surface area contributed by atoms with Gasteiger partial charge in [-0.25, -0.2) is 0 Å². The van der Waals surface area contributed by atoms with Gasteiger partial charge in [-0.05, 0) is 50.6 Å². The Hall–Kier alpha value is -1.63. The van der Waals surface area contributed by atoms with Gasteiger partial charge in [0.2, 0.25) is 5.91 Å². The Morgan fingerprint density at radius 2 is 1.96 bits per heavy atom. The minimum absolute atomic E-state index is 0.0248. The van der Waals surface area contributed by atoms with Crippen molar-refractivity contribution in [2.45, 2.75) is 31.9 Å². The summed E-state index contributed by atoms with van der Waals surface area (Å²) < 4.78 is 5.37. The highest BCUT2D eigenvalue weighted by molar-refractivity contribution is 5.94. The van der Waals surface area contributed by atoms with Gasteiger partial charge in [-0.1, -0.05) is 0 Å². The monoisotopic (exact) mass is 333 g/mol. The lowest BCUT2D eigenvalue weighted by Gasteiger charge is -2.34. The minimum atomic E-state index is -0.318. The second-order valence-corrected chi connectivity index (χ2v) is 6.60. The van der Waals surface area contributed by atoms with Crippen LogP contribution in [0.15, 0.2) is 24.3 Å². The van der Waals surface area contributed by atoms with Crippen molar-refractivity contribution in [2.24, 2.45) is 0 Å². The number of rotatable bonds is 4. The summed E-state index contributed by atoms with van der Waals surface area (Å²) in [6, 6.07) is 7.73. The first-order chi connectivity index (χ1) is 11.6. The summed E-state index contributed by atoms with van der Waals surface area (Å²) in [4.78, 5) is 16.8. The second-order valence-electron chi connectivity index (χ2n) is 6.60. The van der Waals surface area contributed by atoms with E-state index in [0.717, 1.165) is 57.1 Å². The smallest absolute Gasteiger partial charge is 0.241 e. The topological polar surface area (TPSA) is 65.0 Å². The fourth-order valence-corrected chi connectivity index (χ4v) is 3.32. The van der Waals surface area contributed by atoms with E-state index >= 15 is 0 Å². The van der Waals surface area contributed by atoms with E-state index in [4.69, 9.17) is 4.74 Å². The predicted octanol–water partition coefficient (Wildman–Crippen LogP) is 1.31. The van der Waals surface area contributed by atoms with Crippen molar-refractivity contribution in [1.29, 1.82) is 0 Å². The van der Waals surface area contributed by atoms with Crippen LogP contribution in [0.5, 0.6) is 0 Å². The third kappa shape index (κ3) is 4.26. The number of benzene rings is 1.